The average Bonchev–Trinajstić information content (AvgIpc) is 2.71. The van der Waals surface area contributed by atoms with E-state index in [4.69, 9.17) is 0 Å². The molecule has 0 spiro atoms. The molecule has 86 valence electrons. The lowest BCUT2D eigenvalue weighted by molar-refractivity contribution is 0.308. The molecule has 1 atom stereocenters. The van der Waals surface area contributed by atoms with Gasteiger partial charge in [0.2, 0.25) is 0 Å². The van der Waals surface area contributed by atoms with Crippen LogP contribution in [0.25, 0.3) is 0 Å². The summed E-state index contributed by atoms with van der Waals surface area (Å²) in [6, 6.07) is 9.99. The second-order valence-corrected chi connectivity index (χ2v) is 4.52. The number of nitrogens with zero attached hydrogens (tertiary/aromatic N) is 2. The first-order valence-electron chi connectivity index (χ1n) is 5.65. The SMILES string of the molecule is CC1(F)C=CN2CC(c3ccccc3)=NC2=C1. The van der Waals surface area contributed by atoms with Crippen molar-refractivity contribution in [3.8, 4) is 0 Å². The number of hydrogen-bond acceptors (Lipinski definition) is 2. The van der Waals surface area contributed by atoms with Crippen LogP contribution in [0.4, 0.5) is 4.39 Å². The van der Waals surface area contributed by atoms with Crippen molar-refractivity contribution in [1.29, 1.82) is 0 Å². The summed E-state index contributed by atoms with van der Waals surface area (Å²) in [5, 5.41) is 0. The Bertz CT molecular complexity index is 526. The zero-order valence-corrected chi connectivity index (χ0v) is 9.60. The van der Waals surface area contributed by atoms with Crippen molar-refractivity contribution in [1.82, 2.24) is 4.90 Å². The minimum absolute atomic E-state index is 0.705. The van der Waals surface area contributed by atoms with Gasteiger partial charge in [-0.2, -0.15) is 0 Å². The molecule has 2 heterocycles. The van der Waals surface area contributed by atoms with Gasteiger partial charge in [0.05, 0.1) is 12.3 Å². The Morgan fingerprint density at radius 1 is 1.29 bits per heavy atom. The van der Waals surface area contributed by atoms with Crippen LogP contribution in [0.5, 0.6) is 0 Å². The molecule has 1 aromatic rings. The zero-order chi connectivity index (χ0) is 11.9. The Kier molecular flexibility index (Phi) is 2.15. The fourth-order valence-electron chi connectivity index (χ4n) is 2.05. The maximum absolute atomic E-state index is 13.8. The van der Waals surface area contributed by atoms with Crippen molar-refractivity contribution in [2.75, 3.05) is 6.54 Å². The highest BCUT2D eigenvalue weighted by Gasteiger charge is 2.28. The topological polar surface area (TPSA) is 15.6 Å². The molecule has 0 bridgehead atoms. The summed E-state index contributed by atoms with van der Waals surface area (Å²) in [5.74, 6) is 0.705. The highest BCUT2D eigenvalue weighted by molar-refractivity contribution is 6.04. The molecule has 2 nitrogen and oxygen atoms in total. The van der Waals surface area contributed by atoms with Crippen LogP contribution < -0.4 is 0 Å². The van der Waals surface area contributed by atoms with Crippen molar-refractivity contribution in [3.63, 3.8) is 0 Å². The molecule has 0 N–H and O–H groups in total. The van der Waals surface area contributed by atoms with Gasteiger partial charge in [-0.15, -0.1) is 0 Å². The average molecular weight is 228 g/mol. The largest absolute Gasteiger partial charge is 0.327 e. The van der Waals surface area contributed by atoms with E-state index >= 15 is 0 Å². The molecular weight excluding hydrogens is 215 g/mol. The number of rotatable bonds is 1. The fourth-order valence-corrected chi connectivity index (χ4v) is 2.05. The van der Waals surface area contributed by atoms with Gasteiger partial charge in [0.1, 0.15) is 11.5 Å². The van der Waals surface area contributed by atoms with Crippen molar-refractivity contribution in [2.24, 2.45) is 4.99 Å². The van der Waals surface area contributed by atoms with Gasteiger partial charge in [-0.05, 0) is 24.6 Å². The standard InChI is InChI=1S/C14H13FN2/c1-14(15)7-8-17-10-12(16-13(17)9-14)11-5-3-2-4-6-11/h2-9H,10H2,1H3. The third-order valence-corrected chi connectivity index (χ3v) is 2.96. The van der Waals surface area contributed by atoms with Crippen LogP contribution in [0.1, 0.15) is 12.5 Å². The van der Waals surface area contributed by atoms with Gasteiger partial charge in [-0.1, -0.05) is 30.3 Å². The van der Waals surface area contributed by atoms with Crippen molar-refractivity contribution in [3.05, 3.63) is 60.1 Å². The van der Waals surface area contributed by atoms with E-state index in [2.05, 4.69) is 4.99 Å². The molecule has 3 rings (SSSR count). The van der Waals surface area contributed by atoms with E-state index in [0.29, 0.717) is 12.4 Å². The monoisotopic (exact) mass is 228 g/mol. The second-order valence-electron chi connectivity index (χ2n) is 4.52. The predicted octanol–water partition coefficient (Wildman–Crippen LogP) is 2.89. The van der Waals surface area contributed by atoms with E-state index in [9.17, 15) is 4.39 Å². The minimum atomic E-state index is -1.39. The minimum Gasteiger partial charge on any atom is -0.327 e. The van der Waals surface area contributed by atoms with Gasteiger partial charge in [0, 0.05) is 6.20 Å². The summed E-state index contributed by atoms with van der Waals surface area (Å²) in [7, 11) is 0. The Morgan fingerprint density at radius 3 is 2.82 bits per heavy atom. The van der Waals surface area contributed by atoms with Gasteiger partial charge in [0.15, 0.2) is 0 Å². The van der Waals surface area contributed by atoms with Crippen LogP contribution in [0.3, 0.4) is 0 Å². The van der Waals surface area contributed by atoms with Gasteiger partial charge in [-0.3, -0.25) is 0 Å². The smallest absolute Gasteiger partial charge is 0.150 e. The second kappa shape index (κ2) is 3.55. The van der Waals surface area contributed by atoms with Crippen LogP contribution in [0.15, 0.2) is 59.5 Å². The summed E-state index contributed by atoms with van der Waals surface area (Å²) in [6.07, 6.45) is 4.89. The molecule has 0 aliphatic carbocycles. The van der Waals surface area contributed by atoms with Crippen LogP contribution in [0.2, 0.25) is 0 Å². The van der Waals surface area contributed by atoms with E-state index in [1.807, 2.05) is 35.2 Å². The fraction of sp³-hybridized carbons (Fsp3) is 0.214. The lowest BCUT2D eigenvalue weighted by atomic mass is 10.1. The van der Waals surface area contributed by atoms with E-state index in [1.165, 1.54) is 6.92 Å². The maximum Gasteiger partial charge on any atom is 0.150 e. The quantitative estimate of drug-likeness (QED) is 0.721. The summed E-state index contributed by atoms with van der Waals surface area (Å²) < 4.78 is 13.8. The number of benzene rings is 1. The summed E-state index contributed by atoms with van der Waals surface area (Å²) in [4.78, 5) is 6.45. The molecule has 1 unspecified atom stereocenters. The first-order chi connectivity index (χ1) is 8.14. The predicted molar refractivity (Wildman–Crippen MR) is 66.4 cm³/mol. The molecule has 0 amide bonds. The molecule has 2 aliphatic heterocycles. The Morgan fingerprint density at radius 2 is 2.06 bits per heavy atom. The van der Waals surface area contributed by atoms with E-state index in [1.54, 1.807) is 18.4 Å². The molecule has 17 heavy (non-hydrogen) atoms. The number of fused-ring (bicyclic) bond motifs is 1. The molecule has 3 heteroatoms. The Balaban J connectivity index is 1.96. The van der Waals surface area contributed by atoms with Gasteiger partial charge < -0.3 is 4.90 Å². The first-order valence-corrected chi connectivity index (χ1v) is 5.65. The molecular formula is C14H13FN2. The van der Waals surface area contributed by atoms with Crippen LogP contribution in [0, 0.1) is 0 Å². The number of allylic oxidation sites excluding steroid dienone is 2. The van der Waals surface area contributed by atoms with Crippen LogP contribution in [-0.2, 0) is 0 Å². The third-order valence-electron chi connectivity index (χ3n) is 2.96. The molecule has 0 saturated heterocycles. The Hall–Kier alpha value is -1.90. The van der Waals surface area contributed by atoms with Gasteiger partial charge in [-0.25, -0.2) is 9.38 Å². The van der Waals surface area contributed by atoms with Crippen LogP contribution in [-0.4, -0.2) is 22.8 Å². The summed E-state index contributed by atoms with van der Waals surface area (Å²) in [5.41, 5.74) is 0.692. The summed E-state index contributed by atoms with van der Waals surface area (Å²) >= 11 is 0. The first kappa shape index (κ1) is 10.3. The van der Waals surface area contributed by atoms with Crippen molar-refractivity contribution in [2.45, 2.75) is 12.6 Å². The van der Waals surface area contributed by atoms with Gasteiger partial charge >= 0.3 is 0 Å². The Labute approximate surface area is 99.8 Å². The molecule has 1 aromatic carbocycles. The number of hydrogen-bond donors (Lipinski definition) is 0. The highest BCUT2D eigenvalue weighted by Crippen LogP contribution is 2.28. The lowest BCUT2D eigenvalue weighted by Crippen LogP contribution is -2.24. The van der Waals surface area contributed by atoms with Crippen molar-refractivity contribution >= 4 is 5.71 Å². The van der Waals surface area contributed by atoms with Gasteiger partial charge in [0.25, 0.3) is 0 Å². The number of halogens is 1. The van der Waals surface area contributed by atoms with Crippen LogP contribution >= 0.6 is 0 Å². The molecule has 0 saturated carbocycles. The zero-order valence-electron chi connectivity index (χ0n) is 9.60. The molecule has 0 fully saturated rings. The maximum atomic E-state index is 13.8. The third kappa shape index (κ3) is 1.88. The normalized spacial score (nSPS) is 26.6. The van der Waals surface area contributed by atoms with E-state index < -0.39 is 5.67 Å². The molecule has 2 aliphatic rings. The number of aliphatic imine (C=N–C) groups is 1. The van der Waals surface area contributed by atoms with E-state index in [0.717, 1.165) is 11.3 Å². The molecule has 0 aromatic heterocycles. The molecule has 0 radical (unpaired) electrons. The highest BCUT2D eigenvalue weighted by atomic mass is 19.1. The van der Waals surface area contributed by atoms with E-state index in [-0.39, 0.29) is 0 Å². The lowest BCUT2D eigenvalue weighted by Gasteiger charge is -2.22. The number of alkyl halides is 1. The van der Waals surface area contributed by atoms with Crippen molar-refractivity contribution < 1.29 is 4.39 Å². The summed E-state index contributed by atoms with van der Waals surface area (Å²) in [6.45, 7) is 2.24.